The van der Waals surface area contributed by atoms with E-state index in [0.717, 1.165) is 16.6 Å². The summed E-state index contributed by atoms with van der Waals surface area (Å²) in [5.41, 5.74) is 5.50. The van der Waals surface area contributed by atoms with E-state index in [-0.39, 0.29) is 0 Å². The first-order valence-electron chi connectivity index (χ1n) is 8.68. The third-order valence-corrected chi connectivity index (χ3v) is 5.31. The molecule has 5 nitrogen and oxygen atoms in total. The molecule has 0 aliphatic rings. The molecule has 134 valence electrons. The van der Waals surface area contributed by atoms with Crippen LogP contribution in [0.4, 0.5) is 0 Å². The largest absolute Gasteiger partial charge is 0.269 e. The van der Waals surface area contributed by atoms with Crippen LogP contribution in [0.25, 0.3) is 17.2 Å². The van der Waals surface area contributed by atoms with Gasteiger partial charge >= 0.3 is 0 Å². The standard InChI is InChI=1S/C21H19N5S/c1-15-7-9-18(10-8-15)26-20(19-13-22-11-12-23-19)24-25-21(26)27-14-17-6-4-3-5-16(17)2/h3-13H,14H2,1-2H3. The number of hydrogen-bond donors (Lipinski definition) is 0. The van der Waals surface area contributed by atoms with Crippen LogP contribution >= 0.6 is 11.8 Å². The normalized spacial score (nSPS) is 10.9. The smallest absolute Gasteiger partial charge is 0.196 e. The summed E-state index contributed by atoms with van der Waals surface area (Å²) in [5.74, 6) is 1.52. The second kappa shape index (κ2) is 7.72. The monoisotopic (exact) mass is 373 g/mol. The Labute approximate surface area is 162 Å². The molecule has 0 radical (unpaired) electrons. The number of nitrogens with zero attached hydrogens (tertiary/aromatic N) is 5. The zero-order valence-electron chi connectivity index (χ0n) is 15.2. The minimum atomic E-state index is 0.694. The Bertz CT molecular complexity index is 1040. The van der Waals surface area contributed by atoms with Crippen molar-refractivity contribution in [1.82, 2.24) is 24.7 Å². The maximum Gasteiger partial charge on any atom is 0.196 e. The lowest BCUT2D eigenvalue weighted by molar-refractivity contribution is 0.884. The molecule has 0 atom stereocenters. The minimum Gasteiger partial charge on any atom is -0.269 e. The molecule has 0 N–H and O–H groups in total. The van der Waals surface area contributed by atoms with Gasteiger partial charge in [0, 0.05) is 23.8 Å². The number of benzene rings is 2. The van der Waals surface area contributed by atoms with Crippen molar-refractivity contribution in [3.05, 3.63) is 83.8 Å². The third-order valence-electron chi connectivity index (χ3n) is 4.34. The molecule has 0 spiro atoms. The van der Waals surface area contributed by atoms with E-state index >= 15 is 0 Å². The Morgan fingerprint density at radius 3 is 2.48 bits per heavy atom. The Kier molecular flexibility index (Phi) is 4.98. The first-order chi connectivity index (χ1) is 13.2. The number of aryl methyl sites for hydroxylation is 2. The molecular weight excluding hydrogens is 354 g/mol. The Morgan fingerprint density at radius 2 is 1.74 bits per heavy atom. The zero-order chi connectivity index (χ0) is 18.6. The van der Waals surface area contributed by atoms with Crippen molar-refractivity contribution in [3.63, 3.8) is 0 Å². The van der Waals surface area contributed by atoms with E-state index < -0.39 is 0 Å². The highest BCUT2D eigenvalue weighted by molar-refractivity contribution is 7.98. The van der Waals surface area contributed by atoms with Gasteiger partial charge in [0.1, 0.15) is 5.69 Å². The van der Waals surface area contributed by atoms with Gasteiger partial charge in [0.2, 0.25) is 0 Å². The molecule has 0 aliphatic carbocycles. The van der Waals surface area contributed by atoms with Crippen molar-refractivity contribution in [2.24, 2.45) is 0 Å². The highest BCUT2D eigenvalue weighted by Crippen LogP contribution is 2.29. The lowest BCUT2D eigenvalue weighted by Gasteiger charge is -2.11. The lowest BCUT2D eigenvalue weighted by Crippen LogP contribution is -2.01. The first kappa shape index (κ1) is 17.4. The van der Waals surface area contributed by atoms with E-state index in [1.165, 1.54) is 16.7 Å². The highest BCUT2D eigenvalue weighted by atomic mass is 32.2. The second-order valence-corrected chi connectivity index (χ2v) is 7.23. The molecule has 6 heteroatoms. The number of thioether (sulfide) groups is 1. The van der Waals surface area contributed by atoms with Crippen molar-refractivity contribution >= 4 is 11.8 Å². The van der Waals surface area contributed by atoms with Crippen LogP contribution in [-0.2, 0) is 5.75 Å². The Hall–Kier alpha value is -2.99. The van der Waals surface area contributed by atoms with Gasteiger partial charge in [0.05, 0.1) is 6.20 Å². The van der Waals surface area contributed by atoms with E-state index in [4.69, 9.17) is 0 Å². The molecule has 27 heavy (non-hydrogen) atoms. The van der Waals surface area contributed by atoms with Crippen molar-refractivity contribution < 1.29 is 0 Å². The predicted octanol–water partition coefficient (Wildman–Crippen LogP) is 4.63. The maximum atomic E-state index is 4.44. The van der Waals surface area contributed by atoms with E-state index in [0.29, 0.717) is 11.5 Å². The Morgan fingerprint density at radius 1 is 0.926 bits per heavy atom. The molecule has 0 amide bonds. The number of rotatable bonds is 5. The van der Waals surface area contributed by atoms with Crippen molar-refractivity contribution in [1.29, 1.82) is 0 Å². The maximum absolute atomic E-state index is 4.44. The van der Waals surface area contributed by atoms with E-state index in [9.17, 15) is 0 Å². The summed E-state index contributed by atoms with van der Waals surface area (Å²) >= 11 is 1.67. The summed E-state index contributed by atoms with van der Waals surface area (Å²) in [4.78, 5) is 8.58. The third kappa shape index (κ3) is 3.75. The molecule has 0 saturated heterocycles. The van der Waals surface area contributed by atoms with Gasteiger partial charge in [0.15, 0.2) is 11.0 Å². The van der Waals surface area contributed by atoms with Gasteiger partial charge in [-0.3, -0.25) is 9.55 Å². The van der Waals surface area contributed by atoms with E-state index in [1.807, 2.05) is 4.57 Å². The van der Waals surface area contributed by atoms with Crippen LogP contribution in [0.1, 0.15) is 16.7 Å². The van der Waals surface area contributed by atoms with Crippen LogP contribution in [0.5, 0.6) is 0 Å². The SMILES string of the molecule is Cc1ccc(-n2c(SCc3ccccc3C)nnc2-c2cnccn2)cc1. The van der Waals surface area contributed by atoms with Gasteiger partial charge in [-0.25, -0.2) is 4.98 Å². The highest BCUT2D eigenvalue weighted by Gasteiger charge is 2.17. The minimum absolute atomic E-state index is 0.694. The molecule has 0 saturated carbocycles. The van der Waals surface area contributed by atoms with Crippen LogP contribution in [0.15, 0.2) is 72.3 Å². The van der Waals surface area contributed by atoms with E-state index in [2.05, 4.69) is 82.5 Å². The van der Waals surface area contributed by atoms with Gasteiger partial charge in [-0.1, -0.05) is 53.7 Å². The summed E-state index contributed by atoms with van der Waals surface area (Å²) in [6, 6.07) is 16.7. The topological polar surface area (TPSA) is 56.5 Å². The van der Waals surface area contributed by atoms with Gasteiger partial charge in [-0.05, 0) is 37.1 Å². The summed E-state index contributed by atoms with van der Waals surface area (Å²) in [7, 11) is 0. The van der Waals surface area contributed by atoms with Crippen LogP contribution in [0.3, 0.4) is 0 Å². The van der Waals surface area contributed by atoms with Crippen LogP contribution in [0, 0.1) is 13.8 Å². The van der Waals surface area contributed by atoms with Gasteiger partial charge in [-0.2, -0.15) is 0 Å². The van der Waals surface area contributed by atoms with Crippen LogP contribution in [0.2, 0.25) is 0 Å². The lowest BCUT2D eigenvalue weighted by atomic mass is 10.1. The first-order valence-corrected chi connectivity index (χ1v) is 9.67. The van der Waals surface area contributed by atoms with Crippen molar-refractivity contribution in [2.45, 2.75) is 24.8 Å². The van der Waals surface area contributed by atoms with Gasteiger partial charge in [-0.15, -0.1) is 10.2 Å². The van der Waals surface area contributed by atoms with Crippen molar-refractivity contribution in [3.8, 4) is 17.2 Å². The van der Waals surface area contributed by atoms with Crippen LogP contribution < -0.4 is 0 Å². The molecule has 2 aromatic carbocycles. The average Bonchev–Trinajstić information content (AvgIpc) is 3.12. The summed E-state index contributed by atoms with van der Waals surface area (Å²) in [6.45, 7) is 4.21. The fourth-order valence-corrected chi connectivity index (χ4v) is 3.81. The second-order valence-electron chi connectivity index (χ2n) is 6.28. The fraction of sp³-hybridized carbons (Fsp3) is 0.143. The molecule has 2 aromatic heterocycles. The quantitative estimate of drug-likeness (QED) is 0.477. The molecule has 2 heterocycles. The molecule has 4 aromatic rings. The zero-order valence-corrected chi connectivity index (χ0v) is 16.0. The van der Waals surface area contributed by atoms with Gasteiger partial charge in [0.25, 0.3) is 0 Å². The summed E-state index contributed by atoms with van der Waals surface area (Å²) in [5, 5.41) is 9.69. The number of aromatic nitrogens is 5. The molecular formula is C21H19N5S. The fourth-order valence-electron chi connectivity index (χ4n) is 2.78. The molecule has 4 rings (SSSR count). The predicted molar refractivity (Wildman–Crippen MR) is 108 cm³/mol. The van der Waals surface area contributed by atoms with Crippen molar-refractivity contribution in [2.75, 3.05) is 0 Å². The van der Waals surface area contributed by atoms with E-state index in [1.54, 1.807) is 30.4 Å². The average molecular weight is 373 g/mol. The van der Waals surface area contributed by atoms with Gasteiger partial charge < -0.3 is 0 Å². The summed E-state index contributed by atoms with van der Waals surface area (Å²) in [6.07, 6.45) is 5.04. The molecule has 0 fully saturated rings. The summed E-state index contributed by atoms with van der Waals surface area (Å²) < 4.78 is 2.05. The molecule has 0 unspecified atom stereocenters. The molecule has 0 bridgehead atoms. The Balaban J connectivity index is 1.74. The number of hydrogen-bond acceptors (Lipinski definition) is 5. The molecule has 0 aliphatic heterocycles. The van der Waals surface area contributed by atoms with Crippen LogP contribution in [-0.4, -0.2) is 24.7 Å².